The van der Waals surface area contributed by atoms with Crippen LogP contribution in [0.4, 0.5) is 27.3 Å². The Morgan fingerprint density at radius 3 is 2.71 bits per heavy atom. The van der Waals surface area contributed by atoms with Crippen molar-refractivity contribution in [3.8, 4) is 0 Å². The number of hydrogen-bond acceptors (Lipinski definition) is 6. The highest BCUT2D eigenvalue weighted by atomic mass is 19.1. The Morgan fingerprint density at radius 1 is 1.11 bits per heavy atom. The molecule has 1 saturated carbocycles. The molecule has 1 atom stereocenters. The highest BCUT2D eigenvalue weighted by molar-refractivity contribution is 6.00. The summed E-state index contributed by atoms with van der Waals surface area (Å²) in [5.74, 6) is 0.656. The SMILES string of the molecule is CO[C@H]1CC[C@H](C(=O)N2Cc3cccnc3Nc3ccc(N4CCOC(c5ccc(F)cc5)C4)cc32)CC1. The van der Waals surface area contributed by atoms with Crippen molar-refractivity contribution in [2.24, 2.45) is 5.92 Å². The third kappa shape index (κ3) is 4.98. The van der Waals surface area contributed by atoms with Crippen LogP contribution in [-0.4, -0.2) is 43.8 Å². The first-order chi connectivity index (χ1) is 18.6. The molecule has 2 aliphatic heterocycles. The van der Waals surface area contributed by atoms with Gasteiger partial charge in [-0.1, -0.05) is 18.2 Å². The predicted octanol–water partition coefficient (Wildman–Crippen LogP) is 5.59. The van der Waals surface area contributed by atoms with Crippen molar-refractivity contribution >= 4 is 28.8 Å². The molecule has 1 aromatic heterocycles. The van der Waals surface area contributed by atoms with E-state index in [9.17, 15) is 9.18 Å². The smallest absolute Gasteiger partial charge is 0.230 e. The maximum absolute atomic E-state index is 14.0. The molecule has 1 aliphatic carbocycles. The molecule has 0 bridgehead atoms. The van der Waals surface area contributed by atoms with Crippen molar-refractivity contribution in [2.45, 2.75) is 44.4 Å². The predicted molar refractivity (Wildman–Crippen MR) is 145 cm³/mol. The van der Waals surface area contributed by atoms with Crippen LogP contribution in [0.3, 0.4) is 0 Å². The second-order valence-electron chi connectivity index (χ2n) is 10.3. The molecular weight excluding hydrogens is 483 g/mol. The number of hydrogen-bond donors (Lipinski definition) is 1. The lowest BCUT2D eigenvalue weighted by molar-refractivity contribution is -0.124. The molecule has 3 aliphatic rings. The quantitative estimate of drug-likeness (QED) is 0.487. The Morgan fingerprint density at radius 2 is 1.92 bits per heavy atom. The summed E-state index contributed by atoms with van der Waals surface area (Å²) in [6.45, 7) is 2.42. The van der Waals surface area contributed by atoms with E-state index >= 15 is 0 Å². The zero-order valence-corrected chi connectivity index (χ0v) is 21.6. The van der Waals surface area contributed by atoms with Crippen molar-refractivity contribution in [3.05, 3.63) is 77.7 Å². The Kier molecular flexibility index (Phi) is 7.00. The molecule has 2 fully saturated rings. The summed E-state index contributed by atoms with van der Waals surface area (Å²) in [6, 6.07) is 16.7. The van der Waals surface area contributed by atoms with Crippen LogP contribution in [-0.2, 0) is 20.8 Å². The second kappa shape index (κ2) is 10.7. The van der Waals surface area contributed by atoms with Crippen LogP contribution in [0.15, 0.2) is 60.8 Å². The number of ether oxygens (including phenoxy) is 2. The van der Waals surface area contributed by atoms with Crippen molar-refractivity contribution in [1.29, 1.82) is 0 Å². The number of aromatic nitrogens is 1. The molecule has 0 spiro atoms. The number of carbonyl (C=O) groups excluding carboxylic acids is 1. The van der Waals surface area contributed by atoms with Crippen LogP contribution in [0.2, 0.25) is 0 Å². The van der Waals surface area contributed by atoms with E-state index in [4.69, 9.17) is 9.47 Å². The molecule has 6 rings (SSSR count). The van der Waals surface area contributed by atoms with Gasteiger partial charge in [-0.25, -0.2) is 9.37 Å². The van der Waals surface area contributed by atoms with Crippen molar-refractivity contribution in [3.63, 3.8) is 0 Å². The molecule has 7 nitrogen and oxygen atoms in total. The Bertz CT molecular complexity index is 1290. The Labute approximate surface area is 222 Å². The topological polar surface area (TPSA) is 66.9 Å². The summed E-state index contributed by atoms with van der Waals surface area (Å²) in [6.07, 6.45) is 5.34. The number of nitrogens with zero attached hydrogens (tertiary/aromatic N) is 3. The van der Waals surface area contributed by atoms with E-state index in [0.29, 0.717) is 19.7 Å². The minimum atomic E-state index is -0.254. The zero-order chi connectivity index (χ0) is 26.1. The molecule has 3 aromatic rings. The molecule has 38 heavy (non-hydrogen) atoms. The average molecular weight is 517 g/mol. The summed E-state index contributed by atoms with van der Waals surface area (Å²) < 4.78 is 25.0. The third-order valence-electron chi connectivity index (χ3n) is 8.04. The normalized spacial score (nSPS) is 23.2. The lowest BCUT2D eigenvalue weighted by atomic mass is 9.86. The van der Waals surface area contributed by atoms with Gasteiger partial charge in [0.05, 0.1) is 30.6 Å². The highest BCUT2D eigenvalue weighted by Crippen LogP contribution is 2.40. The third-order valence-corrected chi connectivity index (χ3v) is 8.04. The molecule has 2 aromatic carbocycles. The lowest BCUT2D eigenvalue weighted by Crippen LogP contribution is -2.39. The fraction of sp³-hybridized carbons (Fsp3) is 0.400. The Hall–Kier alpha value is -3.49. The van der Waals surface area contributed by atoms with Gasteiger partial charge in [-0.05, 0) is 67.6 Å². The fourth-order valence-electron chi connectivity index (χ4n) is 5.83. The largest absolute Gasteiger partial charge is 0.381 e. The highest BCUT2D eigenvalue weighted by Gasteiger charge is 2.33. The number of amides is 1. The van der Waals surface area contributed by atoms with Crippen molar-refractivity contribution < 1.29 is 18.7 Å². The number of rotatable bonds is 4. The average Bonchev–Trinajstić information content (AvgIpc) is 3.14. The van der Waals surface area contributed by atoms with Gasteiger partial charge < -0.3 is 24.6 Å². The number of anilines is 4. The first-order valence-corrected chi connectivity index (χ1v) is 13.4. The molecule has 3 heterocycles. The van der Waals surface area contributed by atoms with E-state index in [1.54, 1.807) is 25.4 Å². The van der Waals surface area contributed by atoms with Gasteiger partial charge in [-0.15, -0.1) is 0 Å². The van der Waals surface area contributed by atoms with Crippen LogP contribution in [0.1, 0.15) is 42.9 Å². The summed E-state index contributed by atoms with van der Waals surface area (Å²) >= 11 is 0. The van der Waals surface area contributed by atoms with E-state index < -0.39 is 0 Å². The number of halogens is 1. The van der Waals surface area contributed by atoms with Crippen molar-refractivity contribution in [1.82, 2.24) is 4.98 Å². The van der Waals surface area contributed by atoms with Gasteiger partial charge in [0.1, 0.15) is 17.7 Å². The van der Waals surface area contributed by atoms with E-state index in [1.807, 2.05) is 23.1 Å². The van der Waals surface area contributed by atoms with Gasteiger partial charge in [-0.3, -0.25) is 4.79 Å². The molecule has 0 radical (unpaired) electrons. The Balaban J connectivity index is 1.30. The summed E-state index contributed by atoms with van der Waals surface area (Å²) in [7, 11) is 1.75. The summed E-state index contributed by atoms with van der Waals surface area (Å²) in [4.78, 5) is 22.8. The number of pyridine rings is 1. The lowest BCUT2D eigenvalue weighted by Gasteiger charge is -2.36. The van der Waals surface area contributed by atoms with Gasteiger partial charge in [0.25, 0.3) is 0 Å². The molecule has 8 heteroatoms. The number of nitrogens with one attached hydrogen (secondary N) is 1. The molecular formula is C30H33FN4O3. The number of carbonyl (C=O) groups is 1. The van der Waals surface area contributed by atoms with E-state index in [2.05, 4.69) is 27.3 Å². The zero-order valence-electron chi connectivity index (χ0n) is 21.6. The molecule has 1 saturated heterocycles. The maximum Gasteiger partial charge on any atom is 0.230 e. The number of benzene rings is 2. The summed E-state index contributed by atoms with van der Waals surface area (Å²) in [5.41, 5.74) is 4.71. The van der Waals surface area contributed by atoms with Gasteiger partial charge in [0.15, 0.2) is 0 Å². The summed E-state index contributed by atoms with van der Waals surface area (Å²) in [5, 5.41) is 3.47. The minimum absolute atomic E-state index is 0.0256. The first-order valence-electron chi connectivity index (χ1n) is 13.4. The van der Waals surface area contributed by atoms with Gasteiger partial charge in [-0.2, -0.15) is 0 Å². The fourth-order valence-corrected chi connectivity index (χ4v) is 5.83. The second-order valence-corrected chi connectivity index (χ2v) is 10.3. The number of fused-ring (bicyclic) bond motifs is 2. The maximum atomic E-state index is 14.0. The van der Waals surface area contributed by atoms with E-state index in [-0.39, 0.29) is 29.9 Å². The van der Waals surface area contributed by atoms with Crippen LogP contribution in [0.25, 0.3) is 0 Å². The molecule has 1 N–H and O–H groups in total. The van der Waals surface area contributed by atoms with Gasteiger partial charge in [0, 0.05) is 43.6 Å². The van der Waals surface area contributed by atoms with Gasteiger partial charge >= 0.3 is 0 Å². The molecule has 198 valence electrons. The van der Waals surface area contributed by atoms with Gasteiger partial charge in [0.2, 0.25) is 5.91 Å². The van der Waals surface area contributed by atoms with Crippen LogP contribution in [0, 0.1) is 11.7 Å². The number of methoxy groups -OCH3 is 1. The van der Waals surface area contributed by atoms with Crippen LogP contribution in [0.5, 0.6) is 0 Å². The van der Waals surface area contributed by atoms with E-state index in [0.717, 1.165) is 66.2 Å². The molecule has 1 unspecified atom stereocenters. The van der Waals surface area contributed by atoms with E-state index in [1.165, 1.54) is 12.1 Å². The standard InChI is InChI=1S/C30H33FN4O3/c1-37-25-11-6-21(7-12-25)30(36)35-18-22-3-2-14-32-29(22)33-26-13-10-24(17-27(26)35)34-15-16-38-28(19-34)20-4-8-23(31)9-5-20/h2-5,8-10,13-14,17,21,25,28H,6-7,11-12,15-16,18-19H2,1H3,(H,32,33)/t21-,25-,28?. The van der Waals surface area contributed by atoms with Crippen LogP contribution < -0.4 is 15.1 Å². The minimum Gasteiger partial charge on any atom is -0.381 e. The van der Waals surface area contributed by atoms with Crippen molar-refractivity contribution in [2.75, 3.05) is 41.9 Å². The molecule has 1 amide bonds. The number of morpholine rings is 1. The van der Waals surface area contributed by atoms with Crippen LogP contribution >= 0.6 is 0 Å². The first kappa shape index (κ1) is 24.8. The monoisotopic (exact) mass is 516 g/mol.